The summed E-state index contributed by atoms with van der Waals surface area (Å²) in [5.74, 6) is -3.79. The van der Waals surface area contributed by atoms with E-state index in [2.05, 4.69) is 4.84 Å². The molecule has 0 radical (unpaired) electrons. The number of rotatable bonds is 15. The summed E-state index contributed by atoms with van der Waals surface area (Å²) in [6.07, 6.45) is 8.64. The maximum atomic E-state index is 11.8. The molecule has 0 spiro atoms. The Morgan fingerprint density at radius 2 is 1.33 bits per heavy atom. The van der Waals surface area contributed by atoms with E-state index in [4.69, 9.17) is 9.66 Å². The van der Waals surface area contributed by atoms with Gasteiger partial charge in [0.25, 0.3) is 21.9 Å². The molecule has 1 aliphatic heterocycles. The smallest absolute Gasteiger partial charge is 0.481 e. The number of carbonyl (C=O) groups excluding carboxylic acids is 3. The molecule has 0 aromatic carbocycles. The van der Waals surface area contributed by atoms with Crippen LogP contribution in [-0.2, 0) is 34.1 Å². The van der Waals surface area contributed by atoms with E-state index in [1.807, 2.05) is 0 Å². The fourth-order valence-electron chi connectivity index (χ4n) is 3.02. The van der Waals surface area contributed by atoms with Crippen molar-refractivity contribution in [3.8, 4) is 0 Å². The van der Waals surface area contributed by atoms with Gasteiger partial charge >= 0.3 is 41.5 Å². The first-order valence-electron chi connectivity index (χ1n) is 9.88. The van der Waals surface area contributed by atoms with Gasteiger partial charge in [-0.2, -0.15) is 8.42 Å². The normalized spacial score (nSPS) is 16.4. The van der Waals surface area contributed by atoms with Crippen LogP contribution in [0.3, 0.4) is 0 Å². The van der Waals surface area contributed by atoms with Gasteiger partial charge in [0.2, 0.25) is 0 Å². The number of carbonyl (C=O) groups is 4. The maximum Gasteiger partial charge on any atom is 1.00 e. The van der Waals surface area contributed by atoms with E-state index in [0.29, 0.717) is 6.42 Å². The SMILES string of the molecule is O=C(O)CCCCCCCCCCCCC(=O)ON1C(=O)CC(S(=O)(=O)O)C1=O.[Na+]. The minimum absolute atomic E-state index is 0. The summed E-state index contributed by atoms with van der Waals surface area (Å²) < 4.78 is 31.0. The summed E-state index contributed by atoms with van der Waals surface area (Å²) in [6, 6.07) is 0. The van der Waals surface area contributed by atoms with E-state index in [1.54, 1.807) is 0 Å². The molecule has 1 rings (SSSR count). The largest absolute Gasteiger partial charge is 1.00 e. The standard InChI is InChI=1S/C18H29NO9S.Na/c20-15-13-14(29(25,26)27)18(24)19(15)28-17(23)12-10-8-6-4-2-1-3-5-7-9-11-16(21)22;/h14H,1-13H2,(H,21,22)(H,25,26,27);/q;+1. The van der Waals surface area contributed by atoms with Gasteiger partial charge in [0, 0.05) is 12.8 Å². The molecule has 1 aliphatic rings. The monoisotopic (exact) mass is 458 g/mol. The minimum atomic E-state index is -4.72. The number of hydroxylamine groups is 2. The van der Waals surface area contributed by atoms with Gasteiger partial charge in [-0.3, -0.25) is 18.9 Å². The number of nitrogens with zero attached hydrogens (tertiary/aromatic N) is 1. The van der Waals surface area contributed by atoms with Gasteiger partial charge in [-0.25, -0.2) is 4.79 Å². The molecule has 1 atom stereocenters. The molecule has 30 heavy (non-hydrogen) atoms. The topological polar surface area (TPSA) is 155 Å². The van der Waals surface area contributed by atoms with Gasteiger partial charge in [0.15, 0.2) is 5.25 Å². The number of carboxylic acids is 1. The van der Waals surface area contributed by atoms with E-state index in [9.17, 15) is 27.6 Å². The zero-order valence-corrected chi connectivity index (χ0v) is 20.2. The van der Waals surface area contributed by atoms with Crippen LogP contribution in [0.15, 0.2) is 0 Å². The van der Waals surface area contributed by atoms with Crippen LogP contribution in [0.4, 0.5) is 0 Å². The van der Waals surface area contributed by atoms with E-state index < -0.39 is 45.5 Å². The number of unbranched alkanes of at least 4 members (excludes halogenated alkanes) is 9. The van der Waals surface area contributed by atoms with Gasteiger partial charge < -0.3 is 9.94 Å². The van der Waals surface area contributed by atoms with E-state index >= 15 is 0 Å². The first-order valence-corrected chi connectivity index (χ1v) is 11.4. The van der Waals surface area contributed by atoms with Crippen molar-refractivity contribution in [2.45, 2.75) is 88.7 Å². The van der Waals surface area contributed by atoms with Crippen molar-refractivity contribution in [3.63, 3.8) is 0 Å². The Balaban J connectivity index is 0.00000841. The summed E-state index contributed by atoms with van der Waals surface area (Å²) in [4.78, 5) is 50.1. The molecule has 0 aliphatic carbocycles. The van der Waals surface area contributed by atoms with Gasteiger partial charge in [-0.1, -0.05) is 51.4 Å². The van der Waals surface area contributed by atoms with Crippen LogP contribution in [0.1, 0.15) is 83.5 Å². The second kappa shape index (κ2) is 14.9. The van der Waals surface area contributed by atoms with Crippen LogP contribution in [0, 0.1) is 0 Å². The Bertz CT molecular complexity index is 696. The van der Waals surface area contributed by atoms with Crippen molar-refractivity contribution in [1.82, 2.24) is 5.06 Å². The van der Waals surface area contributed by atoms with E-state index in [0.717, 1.165) is 57.8 Å². The Kier molecular flexibility index (Phi) is 14.4. The molecule has 2 amide bonds. The summed E-state index contributed by atoms with van der Waals surface area (Å²) >= 11 is 0. The Morgan fingerprint density at radius 3 is 1.73 bits per heavy atom. The Labute approximate surface area is 198 Å². The molecule has 1 saturated heterocycles. The summed E-state index contributed by atoms with van der Waals surface area (Å²) in [5, 5.41) is 6.74. The summed E-state index contributed by atoms with van der Waals surface area (Å²) in [7, 11) is -4.72. The van der Waals surface area contributed by atoms with Gasteiger partial charge in [-0.15, -0.1) is 5.06 Å². The van der Waals surface area contributed by atoms with Crippen LogP contribution in [0.25, 0.3) is 0 Å². The van der Waals surface area contributed by atoms with Gasteiger partial charge in [0.1, 0.15) is 0 Å². The maximum absolute atomic E-state index is 11.8. The van der Waals surface area contributed by atoms with Crippen LogP contribution in [0.5, 0.6) is 0 Å². The molecular formula is C18H29NNaO9S+. The number of aliphatic carboxylic acids is 1. The van der Waals surface area contributed by atoms with E-state index in [-0.39, 0.29) is 47.5 Å². The first kappa shape index (κ1) is 29.0. The molecule has 166 valence electrons. The third kappa shape index (κ3) is 11.4. The molecule has 0 aromatic rings. The molecule has 1 fully saturated rings. The second-order valence-electron chi connectivity index (χ2n) is 7.13. The third-order valence-corrected chi connectivity index (χ3v) is 5.72. The average molecular weight is 458 g/mol. The predicted molar refractivity (Wildman–Crippen MR) is 101 cm³/mol. The van der Waals surface area contributed by atoms with Crippen LogP contribution in [-0.4, -0.2) is 52.1 Å². The number of hydrogen-bond acceptors (Lipinski definition) is 7. The number of amides is 2. The first-order chi connectivity index (χ1) is 13.6. The molecule has 0 saturated carbocycles. The van der Waals surface area contributed by atoms with Gasteiger partial charge in [-0.05, 0) is 12.8 Å². The van der Waals surface area contributed by atoms with E-state index in [1.165, 1.54) is 0 Å². The van der Waals surface area contributed by atoms with Crippen molar-refractivity contribution in [3.05, 3.63) is 0 Å². The number of hydrogen-bond donors (Lipinski definition) is 2. The number of carboxylic acid groups (broad SMARTS) is 1. The fraction of sp³-hybridized carbons (Fsp3) is 0.778. The third-order valence-electron chi connectivity index (χ3n) is 4.64. The Morgan fingerprint density at radius 1 is 0.900 bits per heavy atom. The van der Waals surface area contributed by atoms with Crippen molar-refractivity contribution >= 4 is 33.9 Å². The van der Waals surface area contributed by atoms with Gasteiger partial charge in [0.05, 0.1) is 6.42 Å². The molecular weight excluding hydrogens is 429 g/mol. The molecule has 0 bridgehead atoms. The zero-order chi connectivity index (χ0) is 21.9. The molecule has 12 heteroatoms. The van der Waals surface area contributed by atoms with Crippen molar-refractivity contribution < 1.29 is 71.7 Å². The Hall–Kier alpha value is -1.01. The summed E-state index contributed by atoms with van der Waals surface area (Å²) in [6.45, 7) is 0. The molecule has 0 aromatic heterocycles. The zero-order valence-electron chi connectivity index (χ0n) is 17.4. The van der Waals surface area contributed by atoms with Crippen molar-refractivity contribution in [2.24, 2.45) is 0 Å². The van der Waals surface area contributed by atoms with Crippen LogP contribution < -0.4 is 29.6 Å². The molecule has 1 unspecified atom stereocenters. The molecule has 2 N–H and O–H groups in total. The van der Waals surface area contributed by atoms with Crippen molar-refractivity contribution in [2.75, 3.05) is 0 Å². The summed E-state index contributed by atoms with van der Waals surface area (Å²) in [5.41, 5.74) is 0. The average Bonchev–Trinajstić information content (AvgIpc) is 2.90. The van der Waals surface area contributed by atoms with Crippen LogP contribution >= 0.6 is 0 Å². The molecule has 10 nitrogen and oxygen atoms in total. The minimum Gasteiger partial charge on any atom is -0.481 e. The molecule has 1 heterocycles. The quantitative estimate of drug-likeness (QED) is 0.139. The number of imide groups is 1. The van der Waals surface area contributed by atoms with Crippen LogP contribution in [0.2, 0.25) is 0 Å². The second-order valence-corrected chi connectivity index (χ2v) is 8.73. The fourth-order valence-corrected chi connectivity index (χ4v) is 3.72. The predicted octanol–water partition coefficient (Wildman–Crippen LogP) is -0.770. The van der Waals surface area contributed by atoms with Crippen molar-refractivity contribution in [1.29, 1.82) is 0 Å².